The largest absolute Gasteiger partial charge is 0.491 e. The number of hydrogen-bond donors (Lipinski definition) is 1. The van der Waals surface area contributed by atoms with E-state index >= 15 is 0 Å². The van der Waals surface area contributed by atoms with Crippen LogP contribution in [0.4, 0.5) is 0 Å². The molecule has 2 nitrogen and oxygen atoms in total. The zero-order chi connectivity index (χ0) is 13.7. The van der Waals surface area contributed by atoms with Crippen molar-refractivity contribution in [1.82, 2.24) is 5.32 Å². The van der Waals surface area contributed by atoms with Gasteiger partial charge in [0.15, 0.2) is 0 Å². The van der Waals surface area contributed by atoms with Gasteiger partial charge in [-0.05, 0) is 62.8 Å². The second-order valence-corrected chi connectivity index (χ2v) is 6.03. The number of hydrogen-bond acceptors (Lipinski definition) is 2. The summed E-state index contributed by atoms with van der Waals surface area (Å²) in [6.07, 6.45) is 5.35. The zero-order valence-corrected chi connectivity index (χ0v) is 12.5. The molecule has 2 rings (SSSR count). The van der Waals surface area contributed by atoms with E-state index in [9.17, 15) is 0 Å². The molecule has 1 unspecified atom stereocenters. The Morgan fingerprint density at radius 1 is 1.26 bits per heavy atom. The molecule has 1 aromatic rings. The molecule has 0 aliphatic heterocycles. The van der Waals surface area contributed by atoms with Gasteiger partial charge in [-0.25, -0.2) is 0 Å². The molecule has 1 fully saturated rings. The lowest BCUT2D eigenvalue weighted by atomic mass is 10.0. The highest BCUT2D eigenvalue weighted by molar-refractivity contribution is 5.30. The van der Waals surface area contributed by atoms with Crippen molar-refractivity contribution in [3.05, 3.63) is 29.8 Å². The van der Waals surface area contributed by atoms with Crippen LogP contribution in [0.2, 0.25) is 0 Å². The van der Waals surface area contributed by atoms with Crippen LogP contribution in [-0.2, 0) is 0 Å². The maximum atomic E-state index is 6.00. The molecule has 1 aliphatic carbocycles. The Hall–Kier alpha value is -1.02. The smallest absolute Gasteiger partial charge is 0.119 e. The van der Waals surface area contributed by atoms with E-state index in [4.69, 9.17) is 4.74 Å². The summed E-state index contributed by atoms with van der Waals surface area (Å²) in [6, 6.07) is 9.31. The fourth-order valence-corrected chi connectivity index (χ4v) is 2.22. The van der Waals surface area contributed by atoms with E-state index in [2.05, 4.69) is 50.4 Å². The van der Waals surface area contributed by atoms with Gasteiger partial charge in [0.25, 0.3) is 0 Å². The molecule has 0 bridgehead atoms. The van der Waals surface area contributed by atoms with Crippen LogP contribution in [0, 0.1) is 0 Å². The average Bonchev–Trinajstić information content (AvgIpc) is 3.19. The molecule has 1 saturated carbocycles. The third-order valence-corrected chi connectivity index (χ3v) is 3.66. The molecule has 0 radical (unpaired) electrons. The monoisotopic (exact) mass is 261 g/mol. The lowest BCUT2D eigenvalue weighted by Gasteiger charge is -2.16. The highest BCUT2D eigenvalue weighted by Crippen LogP contribution is 2.22. The standard InChI is InChI=1S/C17H27NO/c1-13(2)15-7-4-8-17(12-15)19-14(3)6-5-11-18-16-9-10-16/h4,7-8,12-14,16,18H,5-6,9-11H2,1-3H3. The SMILES string of the molecule is CC(CCCNC1CC1)Oc1cccc(C(C)C)c1. The number of nitrogens with one attached hydrogen (secondary N) is 1. The first kappa shape index (κ1) is 14.4. The van der Waals surface area contributed by atoms with Crippen molar-refractivity contribution in [2.24, 2.45) is 0 Å². The first-order chi connectivity index (χ1) is 9.15. The molecular weight excluding hydrogens is 234 g/mol. The van der Waals surface area contributed by atoms with Crippen molar-refractivity contribution in [1.29, 1.82) is 0 Å². The maximum Gasteiger partial charge on any atom is 0.119 e. The molecular formula is C17H27NO. The minimum absolute atomic E-state index is 0.295. The highest BCUT2D eigenvalue weighted by atomic mass is 16.5. The summed E-state index contributed by atoms with van der Waals surface area (Å²) >= 11 is 0. The van der Waals surface area contributed by atoms with Gasteiger partial charge in [0.2, 0.25) is 0 Å². The summed E-state index contributed by atoms with van der Waals surface area (Å²) in [6.45, 7) is 7.72. The Balaban J connectivity index is 1.70. The van der Waals surface area contributed by atoms with Crippen molar-refractivity contribution in [2.75, 3.05) is 6.54 Å². The van der Waals surface area contributed by atoms with Gasteiger partial charge in [-0.1, -0.05) is 26.0 Å². The second kappa shape index (κ2) is 6.95. The van der Waals surface area contributed by atoms with E-state index in [1.165, 1.54) is 24.8 Å². The molecule has 0 heterocycles. The third kappa shape index (κ3) is 5.23. The summed E-state index contributed by atoms with van der Waals surface area (Å²) in [7, 11) is 0. The fourth-order valence-electron chi connectivity index (χ4n) is 2.22. The molecule has 0 aromatic heterocycles. The number of rotatable bonds is 8. The van der Waals surface area contributed by atoms with Crippen molar-refractivity contribution in [3.63, 3.8) is 0 Å². The van der Waals surface area contributed by atoms with E-state index in [1.807, 2.05) is 0 Å². The minimum Gasteiger partial charge on any atom is -0.491 e. The van der Waals surface area contributed by atoms with Gasteiger partial charge in [-0.2, -0.15) is 0 Å². The van der Waals surface area contributed by atoms with Crippen LogP contribution in [0.25, 0.3) is 0 Å². The van der Waals surface area contributed by atoms with Crippen molar-refractivity contribution < 1.29 is 4.74 Å². The molecule has 1 N–H and O–H groups in total. The fraction of sp³-hybridized carbons (Fsp3) is 0.647. The Bertz CT molecular complexity index is 385. The van der Waals surface area contributed by atoms with Gasteiger partial charge in [-0.3, -0.25) is 0 Å². The van der Waals surface area contributed by atoms with Gasteiger partial charge >= 0.3 is 0 Å². The summed E-state index contributed by atoms with van der Waals surface area (Å²) in [5, 5.41) is 3.54. The van der Waals surface area contributed by atoms with Gasteiger partial charge in [0, 0.05) is 6.04 Å². The Morgan fingerprint density at radius 2 is 2.05 bits per heavy atom. The number of ether oxygens (including phenoxy) is 1. The first-order valence-corrected chi connectivity index (χ1v) is 7.65. The van der Waals surface area contributed by atoms with E-state index in [0.717, 1.165) is 24.8 Å². The topological polar surface area (TPSA) is 21.3 Å². The maximum absolute atomic E-state index is 6.00. The van der Waals surface area contributed by atoms with Gasteiger partial charge in [0.1, 0.15) is 5.75 Å². The Kier molecular flexibility index (Phi) is 5.26. The first-order valence-electron chi connectivity index (χ1n) is 7.65. The van der Waals surface area contributed by atoms with Crippen LogP contribution >= 0.6 is 0 Å². The molecule has 1 aromatic carbocycles. The predicted octanol–water partition coefficient (Wildman–Crippen LogP) is 4.11. The second-order valence-electron chi connectivity index (χ2n) is 6.03. The third-order valence-electron chi connectivity index (χ3n) is 3.66. The van der Waals surface area contributed by atoms with Crippen LogP contribution in [0.3, 0.4) is 0 Å². The predicted molar refractivity (Wildman–Crippen MR) is 80.9 cm³/mol. The number of benzene rings is 1. The van der Waals surface area contributed by atoms with E-state index in [0.29, 0.717) is 12.0 Å². The molecule has 19 heavy (non-hydrogen) atoms. The lowest BCUT2D eigenvalue weighted by Crippen LogP contribution is -2.20. The van der Waals surface area contributed by atoms with Crippen molar-refractivity contribution >= 4 is 0 Å². The molecule has 0 spiro atoms. The quantitative estimate of drug-likeness (QED) is 0.711. The highest BCUT2D eigenvalue weighted by Gasteiger charge is 2.19. The molecule has 1 aliphatic rings. The zero-order valence-electron chi connectivity index (χ0n) is 12.5. The van der Waals surface area contributed by atoms with E-state index < -0.39 is 0 Å². The van der Waals surface area contributed by atoms with Crippen LogP contribution in [0.1, 0.15) is 57.9 Å². The van der Waals surface area contributed by atoms with Crippen LogP contribution in [0.5, 0.6) is 5.75 Å². The van der Waals surface area contributed by atoms with Crippen molar-refractivity contribution in [2.45, 2.75) is 64.5 Å². The van der Waals surface area contributed by atoms with Crippen LogP contribution < -0.4 is 10.1 Å². The molecule has 0 amide bonds. The van der Waals surface area contributed by atoms with E-state index in [-0.39, 0.29) is 0 Å². The Morgan fingerprint density at radius 3 is 2.74 bits per heavy atom. The average molecular weight is 261 g/mol. The van der Waals surface area contributed by atoms with Gasteiger partial charge in [-0.15, -0.1) is 0 Å². The molecule has 2 heteroatoms. The van der Waals surface area contributed by atoms with Gasteiger partial charge in [0.05, 0.1) is 6.10 Å². The normalized spacial score (nSPS) is 16.6. The van der Waals surface area contributed by atoms with Crippen molar-refractivity contribution in [3.8, 4) is 5.75 Å². The molecule has 106 valence electrons. The summed E-state index contributed by atoms with van der Waals surface area (Å²) < 4.78 is 6.00. The Labute approximate surface area is 117 Å². The van der Waals surface area contributed by atoms with Crippen LogP contribution in [-0.4, -0.2) is 18.7 Å². The summed E-state index contributed by atoms with van der Waals surface area (Å²) in [5.41, 5.74) is 1.35. The van der Waals surface area contributed by atoms with Gasteiger partial charge < -0.3 is 10.1 Å². The lowest BCUT2D eigenvalue weighted by molar-refractivity contribution is 0.207. The van der Waals surface area contributed by atoms with Crippen LogP contribution in [0.15, 0.2) is 24.3 Å². The van der Waals surface area contributed by atoms with E-state index in [1.54, 1.807) is 0 Å². The summed E-state index contributed by atoms with van der Waals surface area (Å²) in [5.74, 6) is 1.57. The minimum atomic E-state index is 0.295. The molecule has 1 atom stereocenters. The molecule has 0 saturated heterocycles. The summed E-state index contributed by atoms with van der Waals surface area (Å²) in [4.78, 5) is 0.